The van der Waals surface area contributed by atoms with Crippen LogP contribution in [0.25, 0.3) is 108 Å². The van der Waals surface area contributed by atoms with Gasteiger partial charge in [-0.25, -0.2) is 15.0 Å². The van der Waals surface area contributed by atoms with Crippen LogP contribution in [0.3, 0.4) is 0 Å². The third-order valence-electron chi connectivity index (χ3n) is 10.3. The Morgan fingerprint density at radius 2 is 0.907 bits per heavy atom. The lowest BCUT2D eigenvalue weighted by molar-refractivity contribution is 1.08. The molecule has 0 amide bonds. The van der Waals surface area contributed by atoms with Gasteiger partial charge in [0.15, 0.2) is 17.5 Å². The molecule has 5 heteroatoms. The van der Waals surface area contributed by atoms with Crippen LogP contribution in [0.15, 0.2) is 176 Å². The van der Waals surface area contributed by atoms with E-state index in [1.54, 1.807) is 0 Å². The highest BCUT2D eigenvalue weighted by Crippen LogP contribution is 2.43. The van der Waals surface area contributed by atoms with Gasteiger partial charge in [-0.2, -0.15) is 0 Å². The Balaban J connectivity index is 1.05. The van der Waals surface area contributed by atoms with Gasteiger partial charge in [-0.1, -0.05) is 146 Å². The SMILES string of the molecule is c1ccc(-c2nc(-c3ccc(-c4cccc5c4sc4ccccc45)cc3)nc(-c3cccc4sc5ccc(-c6ccc7ccccc7c6)cc5c34)n2)cc1. The lowest BCUT2D eigenvalue weighted by Crippen LogP contribution is -2.00. The molecule has 0 saturated carbocycles. The van der Waals surface area contributed by atoms with Gasteiger partial charge in [0.2, 0.25) is 0 Å². The predicted molar refractivity (Wildman–Crippen MR) is 230 cm³/mol. The molecule has 0 atom stereocenters. The highest BCUT2D eigenvalue weighted by Gasteiger charge is 2.18. The van der Waals surface area contributed by atoms with Gasteiger partial charge < -0.3 is 0 Å². The zero-order valence-electron chi connectivity index (χ0n) is 28.9. The van der Waals surface area contributed by atoms with E-state index in [1.807, 2.05) is 40.9 Å². The number of thiophene rings is 2. The third-order valence-corrected chi connectivity index (χ3v) is 12.7. The van der Waals surface area contributed by atoms with Gasteiger partial charge in [-0.15, -0.1) is 22.7 Å². The molecule has 0 radical (unpaired) electrons. The van der Waals surface area contributed by atoms with Crippen LogP contribution in [0.5, 0.6) is 0 Å². The van der Waals surface area contributed by atoms with Crippen molar-refractivity contribution in [2.45, 2.75) is 0 Å². The molecule has 0 fully saturated rings. The van der Waals surface area contributed by atoms with Gasteiger partial charge in [0.1, 0.15) is 0 Å². The first kappa shape index (κ1) is 31.0. The molecule has 0 saturated heterocycles. The number of hydrogen-bond donors (Lipinski definition) is 0. The Kier molecular flexibility index (Phi) is 7.22. The predicted octanol–water partition coefficient (Wildman–Crippen LogP) is 14.1. The first-order valence-corrected chi connectivity index (χ1v) is 19.6. The summed E-state index contributed by atoms with van der Waals surface area (Å²) >= 11 is 3.66. The maximum absolute atomic E-state index is 5.22. The summed E-state index contributed by atoms with van der Waals surface area (Å²) in [5.74, 6) is 1.97. The molecule has 252 valence electrons. The summed E-state index contributed by atoms with van der Waals surface area (Å²) in [6, 6.07) is 62.7. The molecule has 8 aromatic carbocycles. The molecule has 3 nitrogen and oxygen atoms in total. The number of nitrogens with zero attached hydrogens (tertiary/aromatic N) is 3. The summed E-state index contributed by atoms with van der Waals surface area (Å²) in [5.41, 5.74) is 7.71. The maximum Gasteiger partial charge on any atom is 0.164 e. The van der Waals surface area contributed by atoms with Crippen molar-refractivity contribution in [1.82, 2.24) is 15.0 Å². The molecule has 0 unspecified atom stereocenters. The fourth-order valence-corrected chi connectivity index (χ4v) is 10.0. The number of hydrogen-bond acceptors (Lipinski definition) is 5. The molecule has 3 aromatic heterocycles. The highest BCUT2D eigenvalue weighted by molar-refractivity contribution is 7.26. The van der Waals surface area contributed by atoms with E-state index in [-0.39, 0.29) is 0 Å². The van der Waals surface area contributed by atoms with Crippen LogP contribution >= 0.6 is 22.7 Å². The van der Waals surface area contributed by atoms with Crippen molar-refractivity contribution in [3.05, 3.63) is 176 Å². The van der Waals surface area contributed by atoms with Gasteiger partial charge in [0.05, 0.1) is 0 Å². The summed E-state index contributed by atoms with van der Waals surface area (Å²) in [5, 5.41) is 7.46. The topological polar surface area (TPSA) is 38.7 Å². The van der Waals surface area contributed by atoms with Crippen LogP contribution < -0.4 is 0 Å². The third kappa shape index (κ3) is 5.20. The molecular weight excluding hydrogens is 695 g/mol. The Morgan fingerprint density at radius 1 is 0.315 bits per heavy atom. The molecular formula is C49H29N3S2. The van der Waals surface area contributed by atoms with Crippen molar-refractivity contribution in [1.29, 1.82) is 0 Å². The zero-order chi connectivity index (χ0) is 35.6. The van der Waals surface area contributed by atoms with Crippen LogP contribution in [0, 0.1) is 0 Å². The summed E-state index contributed by atoms with van der Waals surface area (Å²) in [4.78, 5) is 15.4. The van der Waals surface area contributed by atoms with Crippen LogP contribution in [0.2, 0.25) is 0 Å². The van der Waals surface area contributed by atoms with E-state index in [0.29, 0.717) is 17.5 Å². The van der Waals surface area contributed by atoms with Gasteiger partial charge in [-0.05, 0) is 63.4 Å². The summed E-state index contributed by atoms with van der Waals surface area (Å²) < 4.78 is 5.06. The van der Waals surface area contributed by atoms with E-state index in [0.717, 1.165) is 16.7 Å². The minimum Gasteiger partial charge on any atom is -0.208 e. The standard InChI is InChI=1S/C49H29N3S2/c1-2-11-32(12-3-1)47-50-48(33-23-21-31(22-24-33)37-15-8-16-39-38-14-6-7-18-42(38)54-46(37)39)52-49(51-47)40-17-9-19-44-45(40)41-29-36(26-27-43(41)53-44)35-25-20-30-10-4-5-13-34(30)28-35/h1-29H. The quantitative estimate of drug-likeness (QED) is 0.177. The van der Waals surface area contributed by atoms with Gasteiger partial charge in [0, 0.05) is 57.0 Å². The van der Waals surface area contributed by atoms with E-state index in [2.05, 4.69) is 158 Å². The van der Waals surface area contributed by atoms with E-state index in [1.165, 1.54) is 73.4 Å². The zero-order valence-corrected chi connectivity index (χ0v) is 30.5. The summed E-state index contributed by atoms with van der Waals surface area (Å²) in [6.07, 6.45) is 0. The van der Waals surface area contributed by atoms with Crippen molar-refractivity contribution < 1.29 is 0 Å². The lowest BCUT2D eigenvalue weighted by Gasteiger charge is -2.10. The molecule has 0 N–H and O–H groups in total. The highest BCUT2D eigenvalue weighted by atomic mass is 32.1. The number of benzene rings is 8. The van der Waals surface area contributed by atoms with Crippen molar-refractivity contribution in [2.24, 2.45) is 0 Å². The fourth-order valence-electron chi connectivity index (χ4n) is 7.68. The number of aromatic nitrogens is 3. The Hall–Kier alpha value is -6.53. The molecule has 0 spiro atoms. The molecule has 0 aliphatic rings. The van der Waals surface area contributed by atoms with Crippen LogP contribution in [0.1, 0.15) is 0 Å². The van der Waals surface area contributed by atoms with E-state index >= 15 is 0 Å². The average molecular weight is 724 g/mol. The van der Waals surface area contributed by atoms with Crippen molar-refractivity contribution >= 4 is 73.8 Å². The molecule has 0 bridgehead atoms. The van der Waals surface area contributed by atoms with Gasteiger partial charge >= 0.3 is 0 Å². The average Bonchev–Trinajstić information content (AvgIpc) is 3.82. The van der Waals surface area contributed by atoms with E-state index in [4.69, 9.17) is 15.0 Å². The fraction of sp³-hybridized carbons (Fsp3) is 0. The minimum atomic E-state index is 0.652. The smallest absolute Gasteiger partial charge is 0.164 e. The van der Waals surface area contributed by atoms with Gasteiger partial charge in [0.25, 0.3) is 0 Å². The largest absolute Gasteiger partial charge is 0.208 e. The minimum absolute atomic E-state index is 0.652. The molecule has 0 aliphatic heterocycles. The second-order valence-electron chi connectivity index (χ2n) is 13.6. The normalized spacial score (nSPS) is 11.7. The Morgan fingerprint density at radius 3 is 1.78 bits per heavy atom. The molecule has 0 aliphatic carbocycles. The van der Waals surface area contributed by atoms with Crippen LogP contribution in [-0.2, 0) is 0 Å². The first-order valence-electron chi connectivity index (χ1n) is 18.0. The maximum atomic E-state index is 5.22. The molecule has 54 heavy (non-hydrogen) atoms. The van der Waals surface area contributed by atoms with Gasteiger partial charge in [-0.3, -0.25) is 0 Å². The first-order chi connectivity index (χ1) is 26.7. The molecule has 11 aromatic rings. The summed E-state index contributed by atoms with van der Waals surface area (Å²) in [7, 11) is 0. The van der Waals surface area contributed by atoms with E-state index < -0.39 is 0 Å². The second kappa shape index (κ2) is 12.6. The van der Waals surface area contributed by atoms with Crippen molar-refractivity contribution in [3.8, 4) is 56.4 Å². The van der Waals surface area contributed by atoms with Crippen LogP contribution in [-0.4, -0.2) is 15.0 Å². The Bertz CT molecular complexity index is 3210. The van der Waals surface area contributed by atoms with E-state index in [9.17, 15) is 0 Å². The molecule has 3 heterocycles. The lowest BCUT2D eigenvalue weighted by atomic mass is 9.98. The van der Waals surface area contributed by atoms with Crippen molar-refractivity contribution in [3.63, 3.8) is 0 Å². The summed E-state index contributed by atoms with van der Waals surface area (Å²) in [6.45, 7) is 0. The second-order valence-corrected chi connectivity index (χ2v) is 15.7. The molecule has 11 rings (SSSR count). The number of rotatable bonds is 5. The number of fused-ring (bicyclic) bond motifs is 7. The van der Waals surface area contributed by atoms with Crippen LogP contribution in [0.4, 0.5) is 0 Å². The Labute approximate surface area is 319 Å². The van der Waals surface area contributed by atoms with Crippen molar-refractivity contribution in [2.75, 3.05) is 0 Å². The monoisotopic (exact) mass is 723 g/mol.